The molecule has 0 heterocycles. The SMILES string of the molecule is CCCCNCc1cc([C@@](Cc2ccccc2)(NC[C@H](O)CC(F)(F)F)c2cc(F)cc(OC(F)(F)C(F)F)c2)ccc1F. The molecule has 3 rings (SSSR count). The second-order valence-electron chi connectivity index (χ2n) is 10.4. The fourth-order valence-electron chi connectivity index (χ4n) is 4.74. The zero-order valence-electron chi connectivity index (χ0n) is 23.7. The number of hydrogen-bond acceptors (Lipinski definition) is 4. The molecule has 0 radical (unpaired) electrons. The fourth-order valence-corrected chi connectivity index (χ4v) is 4.74. The van der Waals surface area contributed by atoms with Crippen molar-refractivity contribution >= 4 is 0 Å². The van der Waals surface area contributed by atoms with Crippen molar-refractivity contribution in [2.45, 2.75) is 69.5 Å². The number of hydrogen-bond donors (Lipinski definition) is 3. The van der Waals surface area contributed by atoms with Crippen LogP contribution in [0.4, 0.5) is 39.5 Å². The molecule has 242 valence electrons. The summed E-state index contributed by atoms with van der Waals surface area (Å²) in [5.74, 6) is -2.78. The fraction of sp³-hybridized carbons (Fsp3) is 0.419. The van der Waals surface area contributed by atoms with Gasteiger partial charge in [0.15, 0.2) is 0 Å². The van der Waals surface area contributed by atoms with Crippen LogP contribution in [0.2, 0.25) is 0 Å². The number of ether oxygens (including phenoxy) is 1. The highest BCUT2D eigenvalue weighted by atomic mass is 19.4. The summed E-state index contributed by atoms with van der Waals surface area (Å²) in [5, 5.41) is 16.2. The van der Waals surface area contributed by atoms with Gasteiger partial charge in [-0.1, -0.05) is 49.7 Å². The van der Waals surface area contributed by atoms with Crippen LogP contribution < -0.4 is 15.4 Å². The number of aliphatic hydroxyl groups is 1. The molecule has 0 aliphatic rings. The Kier molecular flexibility index (Phi) is 12.1. The summed E-state index contributed by atoms with van der Waals surface area (Å²) in [4.78, 5) is 0. The van der Waals surface area contributed by atoms with Crippen molar-refractivity contribution in [1.82, 2.24) is 10.6 Å². The first-order valence-corrected chi connectivity index (χ1v) is 13.8. The van der Waals surface area contributed by atoms with Gasteiger partial charge in [0.1, 0.15) is 17.4 Å². The van der Waals surface area contributed by atoms with E-state index in [1.807, 2.05) is 6.92 Å². The lowest BCUT2D eigenvalue weighted by Gasteiger charge is -2.38. The average molecular weight is 637 g/mol. The van der Waals surface area contributed by atoms with E-state index in [0.29, 0.717) is 18.2 Å². The quantitative estimate of drug-likeness (QED) is 0.113. The van der Waals surface area contributed by atoms with Crippen LogP contribution in [0.25, 0.3) is 0 Å². The highest BCUT2D eigenvalue weighted by Crippen LogP contribution is 2.38. The molecule has 2 atom stereocenters. The summed E-state index contributed by atoms with van der Waals surface area (Å²) in [6.07, 6.45) is -16.1. The van der Waals surface area contributed by atoms with Crippen LogP contribution in [0.1, 0.15) is 48.4 Å². The van der Waals surface area contributed by atoms with E-state index in [0.717, 1.165) is 31.0 Å². The van der Waals surface area contributed by atoms with Gasteiger partial charge < -0.3 is 20.5 Å². The van der Waals surface area contributed by atoms with Crippen LogP contribution in [0.3, 0.4) is 0 Å². The smallest absolute Gasteiger partial charge is 0.428 e. The Morgan fingerprint density at radius 3 is 2.23 bits per heavy atom. The molecule has 0 saturated heterocycles. The maximum absolute atomic E-state index is 15.0. The lowest BCUT2D eigenvalue weighted by molar-refractivity contribution is -0.253. The number of rotatable bonds is 16. The predicted molar refractivity (Wildman–Crippen MR) is 147 cm³/mol. The van der Waals surface area contributed by atoms with E-state index in [1.165, 1.54) is 12.1 Å². The molecule has 0 aromatic heterocycles. The molecule has 0 amide bonds. The minimum absolute atomic E-state index is 0.0515. The van der Waals surface area contributed by atoms with Crippen LogP contribution in [-0.2, 0) is 18.5 Å². The highest BCUT2D eigenvalue weighted by Gasteiger charge is 2.45. The first kappa shape index (κ1) is 35.2. The molecule has 3 N–H and O–H groups in total. The lowest BCUT2D eigenvalue weighted by Crippen LogP contribution is -2.49. The van der Waals surface area contributed by atoms with E-state index in [9.17, 15) is 44.6 Å². The number of aliphatic hydroxyl groups excluding tert-OH is 1. The van der Waals surface area contributed by atoms with Crippen LogP contribution in [-0.4, -0.2) is 43.0 Å². The standard InChI is InChI=1S/C31H33F9N2O2/c1-2-3-11-41-18-21-12-22(9-10-27(21)33)29(16-20-7-5-4-6-8-20,42-19-25(43)17-30(36,37)38)23-13-24(32)15-26(14-23)44-31(39,40)28(34)35/h4-10,12-15,25,28,41-43H,2-3,11,16-19H2,1H3/t25-,29-/m1/s1. The summed E-state index contributed by atoms with van der Waals surface area (Å²) < 4.78 is 127. The molecule has 0 aliphatic carbocycles. The van der Waals surface area contributed by atoms with E-state index in [-0.39, 0.29) is 29.7 Å². The number of benzene rings is 3. The number of unbranched alkanes of at least 4 members (excludes halogenated alkanes) is 1. The molecule has 0 bridgehead atoms. The minimum atomic E-state index is -4.99. The van der Waals surface area contributed by atoms with Crippen molar-refractivity contribution in [3.63, 3.8) is 0 Å². The Morgan fingerprint density at radius 1 is 0.886 bits per heavy atom. The van der Waals surface area contributed by atoms with Gasteiger partial charge in [-0.2, -0.15) is 30.7 Å². The third kappa shape index (κ3) is 9.86. The number of nitrogens with one attached hydrogen (secondary N) is 2. The van der Waals surface area contributed by atoms with Crippen LogP contribution in [0, 0.1) is 11.6 Å². The largest absolute Gasteiger partial charge is 0.461 e. The molecular weight excluding hydrogens is 603 g/mol. The van der Waals surface area contributed by atoms with Gasteiger partial charge in [-0.05, 0) is 60.3 Å². The first-order chi connectivity index (χ1) is 20.6. The van der Waals surface area contributed by atoms with Crippen molar-refractivity contribution in [3.05, 3.63) is 101 Å². The van der Waals surface area contributed by atoms with Gasteiger partial charge in [-0.3, -0.25) is 0 Å². The van der Waals surface area contributed by atoms with Crippen molar-refractivity contribution < 1.29 is 49.4 Å². The van der Waals surface area contributed by atoms with E-state index < -0.39 is 60.7 Å². The summed E-state index contributed by atoms with van der Waals surface area (Å²) in [7, 11) is 0. The van der Waals surface area contributed by atoms with Crippen molar-refractivity contribution in [1.29, 1.82) is 0 Å². The van der Waals surface area contributed by atoms with Gasteiger partial charge in [-0.15, -0.1) is 0 Å². The second-order valence-corrected chi connectivity index (χ2v) is 10.4. The second kappa shape index (κ2) is 15.1. The van der Waals surface area contributed by atoms with Gasteiger partial charge in [-0.25, -0.2) is 8.78 Å². The lowest BCUT2D eigenvalue weighted by atomic mass is 9.77. The topological polar surface area (TPSA) is 53.5 Å². The van der Waals surface area contributed by atoms with E-state index >= 15 is 0 Å². The van der Waals surface area contributed by atoms with Crippen molar-refractivity contribution in [2.75, 3.05) is 13.1 Å². The summed E-state index contributed by atoms with van der Waals surface area (Å²) in [6.45, 7) is 1.84. The monoisotopic (exact) mass is 636 g/mol. The van der Waals surface area contributed by atoms with Crippen LogP contribution in [0.5, 0.6) is 5.75 Å². The number of alkyl halides is 7. The van der Waals surface area contributed by atoms with Gasteiger partial charge in [0.05, 0.1) is 18.1 Å². The van der Waals surface area contributed by atoms with Gasteiger partial charge in [0.2, 0.25) is 0 Å². The van der Waals surface area contributed by atoms with E-state index in [1.54, 1.807) is 30.3 Å². The maximum atomic E-state index is 15.0. The Hall–Kier alpha value is -3.29. The van der Waals surface area contributed by atoms with Crippen molar-refractivity contribution in [2.24, 2.45) is 0 Å². The Balaban J connectivity index is 2.23. The van der Waals surface area contributed by atoms with Crippen molar-refractivity contribution in [3.8, 4) is 5.75 Å². The predicted octanol–water partition coefficient (Wildman–Crippen LogP) is 7.48. The summed E-state index contributed by atoms with van der Waals surface area (Å²) >= 11 is 0. The minimum Gasteiger partial charge on any atom is -0.428 e. The zero-order valence-corrected chi connectivity index (χ0v) is 23.7. The molecule has 0 spiro atoms. The summed E-state index contributed by atoms with van der Waals surface area (Å²) in [5.41, 5.74) is -1.17. The normalized spacial score (nSPS) is 14.5. The first-order valence-electron chi connectivity index (χ1n) is 13.8. The molecule has 4 nitrogen and oxygen atoms in total. The van der Waals surface area contributed by atoms with Gasteiger partial charge in [0.25, 0.3) is 0 Å². The van der Waals surface area contributed by atoms with Gasteiger partial charge in [0, 0.05) is 24.7 Å². The van der Waals surface area contributed by atoms with Crippen LogP contribution >= 0.6 is 0 Å². The highest BCUT2D eigenvalue weighted by molar-refractivity contribution is 5.46. The molecule has 0 aliphatic heterocycles. The Bertz CT molecular complexity index is 1340. The number of halogens is 9. The molecule has 13 heteroatoms. The Morgan fingerprint density at radius 2 is 1.59 bits per heavy atom. The third-order valence-electron chi connectivity index (χ3n) is 6.85. The third-order valence-corrected chi connectivity index (χ3v) is 6.85. The Labute approximate surface area is 249 Å². The molecule has 3 aromatic rings. The molecule has 3 aromatic carbocycles. The van der Waals surface area contributed by atoms with Crippen LogP contribution in [0.15, 0.2) is 66.7 Å². The molecule has 0 fully saturated rings. The zero-order chi connectivity index (χ0) is 32.5. The van der Waals surface area contributed by atoms with E-state index in [2.05, 4.69) is 15.4 Å². The maximum Gasteiger partial charge on any atom is 0.461 e. The molecular formula is C31H33F9N2O2. The molecule has 44 heavy (non-hydrogen) atoms. The molecule has 0 unspecified atom stereocenters. The average Bonchev–Trinajstić information content (AvgIpc) is 2.93. The molecule has 0 saturated carbocycles. The van der Waals surface area contributed by atoms with Gasteiger partial charge >= 0.3 is 18.7 Å². The van der Waals surface area contributed by atoms with E-state index in [4.69, 9.17) is 0 Å². The summed E-state index contributed by atoms with van der Waals surface area (Å²) in [6, 6.07) is 14.2.